The minimum absolute atomic E-state index is 0.0387. The second-order valence-corrected chi connectivity index (χ2v) is 9.95. The second-order valence-electron chi connectivity index (χ2n) is 9.95. The van der Waals surface area contributed by atoms with Gasteiger partial charge in [0.25, 0.3) is 11.7 Å². The molecule has 3 aromatic rings. The molecule has 2 heterocycles. The van der Waals surface area contributed by atoms with Gasteiger partial charge in [-0.1, -0.05) is 25.1 Å². The molecule has 39 heavy (non-hydrogen) atoms. The minimum Gasteiger partial charge on any atom is -0.507 e. The molecule has 1 unspecified atom stereocenters. The van der Waals surface area contributed by atoms with E-state index in [2.05, 4.69) is 0 Å². The van der Waals surface area contributed by atoms with Crippen molar-refractivity contribution in [2.75, 3.05) is 55.6 Å². The summed E-state index contributed by atoms with van der Waals surface area (Å²) in [7, 11) is 5.84. The number of benzene rings is 3. The number of ketones is 1. The van der Waals surface area contributed by atoms with Crippen LogP contribution >= 0.6 is 0 Å². The zero-order valence-electron chi connectivity index (χ0n) is 22.7. The first-order valence-corrected chi connectivity index (χ1v) is 13.1. The molecule has 1 atom stereocenters. The number of amides is 1. The Morgan fingerprint density at radius 3 is 2.56 bits per heavy atom. The first-order valence-electron chi connectivity index (χ1n) is 13.1. The number of nitrogens with zero attached hydrogens (tertiary/aromatic N) is 3. The van der Waals surface area contributed by atoms with Crippen molar-refractivity contribution >= 4 is 34.5 Å². The van der Waals surface area contributed by atoms with Crippen LogP contribution in [-0.2, 0) is 9.59 Å². The smallest absolute Gasteiger partial charge is 0.300 e. The molecule has 8 heteroatoms. The van der Waals surface area contributed by atoms with Gasteiger partial charge in [-0.05, 0) is 54.4 Å². The summed E-state index contributed by atoms with van der Waals surface area (Å²) in [5.41, 5.74) is 3.50. The molecule has 0 bridgehead atoms. The molecule has 202 valence electrons. The number of rotatable bonds is 7. The van der Waals surface area contributed by atoms with Crippen molar-refractivity contribution in [3.05, 3.63) is 83.4 Å². The van der Waals surface area contributed by atoms with Crippen molar-refractivity contribution in [1.82, 2.24) is 0 Å². The number of carbonyl (C=O) groups excluding carboxylic acids is 2. The number of hydrogen-bond acceptors (Lipinski definition) is 7. The summed E-state index contributed by atoms with van der Waals surface area (Å²) < 4.78 is 11.5. The van der Waals surface area contributed by atoms with E-state index >= 15 is 0 Å². The van der Waals surface area contributed by atoms with Gasteiger partial charge >= 0.3 is 0 Å². The molecule has 5 rings (SSSR count). The summed E-state index contributed by atoms with van der Waals surface area (Å²) >= 11 is 0. The molecule has 0 aliphatic carbocycles. The lowest BCUT2D eigenvalue weighted by Gasteiger charge is -2.28. The van der Waals surface area contributed by atoms with E-state index in [0.717, 1.165) is 17.8 Å². The van der Waals surface area contributed by atoms with Crippen LogP contribution in [0.2, 0.25) is 0 Å². The Bertz CT molecular complexity index is 1430. The Morgan fingerprint density at radius 1 is 1.08 bits per heavy atom. The lowest BCUT2D eigenvalue weighted by Crippen LogP contribution is -2.29. The maximum atomic E-state index is 13.6. The van der Waals surface area contributed by atoms with E-state index in [1.54, 1.807) is 36.4 Å². The van der Waals surface area contributed by atoms with Gasteiger partial charge < -0.3 is 24.4 Å². The number of aliphatic hydroxyl groups is 1. The largest absolute Gasteiger partial charge is 0.507 e. The third-order valence-electron chi connectivity index (χ3n) is 7.07. The molecule has 3 aromatic carbocycles. The monoisotopic (exact) mass is 527 g/mol. The molecular formula is C31H33N3O5. The van der Waals surface area contributed by atoms with E-state index < -0.39 is 17.7 Å². The van der Waals surface area contributed by atoms with Crippen LogP contribution in [0.4, 0.5) is 17.1 Å². The van der Waals surface area contributed by atoms with Gasteiger partial charge in [0.2, 0.25) is 0 Å². The number of carbonyl (C=O) groups is 2. The zero-order chi connectivity index (χ0) is 27.7. The Labute approximate surface area is 228 Å². The summed E-state index contributed by atoms with van der Waals surface area (Å²) in [5, 5.41) is 11.6. The summed E-state index contributed by atoms with van der Waals surface area (Å²) in [6.07, 6.45) is 0.841. The van der Waals surface area contributed by atoms with Crippen molar-refractivity contribution in [1.29, 1.82) is 0 Å². The van der Waals surface area contributed by atoms with Crippen LogP contribution in [-0.4, -0.2) is 57.7 Å². The molecule has 8 nitrogen and oxygen atoms in total. The molecule has 1 N–H and O–H groups in total. The van der Waals surface area contributed by atoms with Crippen LogP contribution < -0.4 is 24.2 Å². The fourth-order valence-corrected chi connectivity index (χ4v) is 4.97. The third-order valence-corrected chi connectivity index (χ3v) is 7.07. The number of anilines is 3. The van der Waals surface area contributed by atoms with Crippen molar-refractivity contribution in [2.45, 2.75) is 19.4 Å². The van der Waals surface area contributed by atoms with E-state index in [4.69, 9.17) is 9.47 Å². The number of likely N-dealkylation sites (N-methyl/N-ethyl adjacent to an activating group) is 1. The van der Waals surface area contributed by atoms with Crippen molar-refractivity contribution in [3.63, 3.8) is 0 Å². The van der Waals surface area contributed by atoms with E-state index in [0.29, 0.717) is 48.1 Å². The highest BCUT2D eigenvalue weighted by Gasteiger charge is 2.47. The molecule has 0 aromatic heterocycles. The van der Waals surface area contributed by atoms with E-state index in [1.807, 2.05) is 68.2 Å². The number of ether oxygens (including phenoxy) is 2. The quantitative estimate of drug-likeness (QED) is 0.263. The average Bonchev–Trinajstić information content (AvgIpc) is 3.21. The molecule has 0 spiro atoms. The van der Waals surface area contributed by atoms with Crippen molar-refractivity contribution in [3.8, 4) is 11.5 Å². The van der Waals surface area contributed by atoms with E-state index in [-0.39, 0.29) is 11.3 Å². The lowest BCUT2D eigenvalue weighted by molar-refractivity contribution is -0.132. The molecular weight excluding hydrogens is 494 g/mol. The van der Waals surface area contributed by atoms with Crippen LogP contribution in [0.5, 0.6) is 11.5 Å². The normalized spacial score (nSPS) is 18.1. The Kier molecular flexibility index (Phi) is 7.19. The standard InChI is InChI=1S/C31H33N3O5/c1-5-16-38-24-8-6-7-23(19-24)34-28(20-9-12-22(13-10-20)32(2)3)27(30(36)31(34)37)29(35)21-11-14-26-25(18-21)33(4)15-17-39-26/h6-14,18-19,28,35H,5,15-17H2,1-4H3/b29-27-. The summed E-state index contributed by atoms with van der Waals surface area (Å²) in [5.74, 6) is -0.352. The van der Waals surface area contributed by atoms with Gasteiger partial charge in [-0.25, -0.2) is 0 Å². The average molecular weight is 528 g/mol. The topological polar surface area (TPSA) is 82.5 Å². The van der Waals surface area contributed by atoms with Crippen LogP contribution in [0, 0.1) is 0 Å². The Morgan fingerprint density at radius 2 is 1.85 bits per heavy atom. The highest BCUT2D eigenvalue weighted by atomic mass is 16.5. The van der Waals surface area contributed by atoms with Gasteiger partial charge in [0.1, 0.15) is 23.9 Å². The van der Waals surface area contributed by atoms with Crippen LogP contribution in [0.1, 0.15) is 30.5 Å². The second kappa shape index (κ2) is 10.7. The number of Topliss-reactive ketones (excluding diaryl/α,β-unsaturated/α-hetero) is 1. The third kappa shape index (κ3) is 4.90. The SMILES string of the molecule is CCCOc1cccc(N2C(=O)C(=O)/C(=C(\O)c3ccc4c(c3)N(C)CCO4)C2c2ccc(N(C)C)cc2)c1. The molecule has 1 saturated heterocycles. The lowest BCUT2D eigenvalue weighted by atomic mass is 9.94. The van der Waals surface area contributed by atoms with Gasteiger partial charge in [-0.15, -0.1) is 0 Å². The number of hydrogen-bond donors (Lipinski definition) is 1. The summed E-state index contributed by atoms with van der Waals surface area (Å²) in [6, 6.07) is 19.3. The van der Waals surface area contributed by atoms with Crippen LogP contribution in [0.15, 0.2) is 72.3 Å². The molecule has 2 aliphatic heterocycles. The first-order chi connectivity index (χ1) is 18.8. The Balaban J connectivity index is 1.66. The van der Waals surface area contributed by atoms with Crippen LogP contribution in [0.3, 0.4) is 0 Å². The highest BCUT2D eigenvalue weighted by molar-refractivity contribution is 6.51. The molecule has 1 amide bonds. The molecule has 0 radical (unpaired) electrons. The van der Waals surface area contributed by atoms with Gasteiger partial charge in [-0.2, -0.15) is 0 Å². The maximum absolute atomic E-state index is 13.6. The fraction of sp³-hybridized carbons (Fsp3) is 0.290. The van der Waals surface area contributed by atoms with Gasteiger partial charge in [0.15, 0.2) is 0 Å². The van der Waals surface area contributed by atoms with Crippen molar-refractivity contribution in [2.24, 2.45) is 0 Å². The van der Waals surface area contributed by atoms with Gasteiger partial charge in [0, 0.05) is 44.1 Å². The first kappa shape index (κ1) is 26.2. The predicted octanol–water partition coefficient (Wildman–Crippen LogP) is 5.00. The molecule has 2 aliphatic rings. The minimum atomic E-state index is -0.826. The predicted molar refractivity (Wildman–Crippen MR) is 153 cm³/mol. The number of aliphatic hydroxyl groups excluding tert-OH is 1. The van der Waals surface area contributed by atoms with Gasteiger partial charge in [0.05, 0.1) is 30.5 Å². The molecule has 1 fully saturated rings. The maximum Gasteiger partial charge on any atom is 0.300 e. The van der Waals surface area contributed by atoms with E-state index in [1.165, 1.54) is 4.90 Å². The van der Waals surface area contributed by atoms with Crippen molar-refractivity contribution < 1.29 is 24.2 Å². The Hall–Kier alpha value is -4.46. The number of fused-ring (bicyclic) bond motifs is 1. The zero-order valence-corrected chi connectivity index (χ0v) is 22.7. The van der Waals surface area contributed by atoms with Crippen LogP contribution in [0.25, 0.3) is 5.76 Å². The molecule has 0 saturated carbocycles. The van der Waals surface area contributed by atoms with Gasteiger partial charge in [-0.3, -0.25) is 14.5 Å². The van der Waals surface area contributed by atoms with E-state index in [9.17, 15) is 14.7 Å². The summed E-state index contributed by atoms with van der Waals surface area (Å²) in [6.45, 7) is 3.83. The summed E-state index contributed by atoms with van der Waals surface area (Å²) in [4.78, 5) is 32.6. The fourth-order valence-electron chi connectivity index (χ4n) is 4.97. The highest BCUT2D eigenvalue weighted by Crippen LogP contribution is 2.44.